The van der Waals surface area contributed by atoms with Gasteiger partial charge in [-0.1, -0.05) is 48.2 Å². The number of anilines is 1. The third-order valence-corrected chi connectivity index (χ3v) is 4.91. The topological polar surface area (TPSA) is 64.0 Å². The van der Waals surface area contributed by atoms with E-state index in [-0.39, 0.29) is 24.4 Å². The number of amides is 1. The Morgan fingerprint density at radius 1 is 0.968 bits per heavy atom. The summed E-state index contributed by atoms with van der Waals surface area (Å²) in [7, 11) is 0. The standard InChI is InChI=1S/C26H21N3O2/c1-19-7-5-12-23-25(19)27-18-29(26(23)31)16-15-24(30)28-22-11-6-10-21(17-22)14-13-20-8-3-2-4-9-20/h2-12,17-18H,15-16H2,1H3,(H,28,30). The molecule has 152 valence electrons. The second-order valence-electron chi connectivity index (χ2n) is 7.21. The molecule has 0 unspecified atom stereocenters. The summed E-state index contributed by atoms with van der Waals surface area (Å²) >= 11 is 0. The Morgan fingerprint density at radius 3 is 2.55 bits per heavy atom. The first-order chi connectivity index (χ1) is 15.1. The number of aromatic nitrogens is 2. The van der Waals surface area contributed by atoms with Crippen LogP contribution in [-0.4, -0.2) is 15.5 Å². The molecule has 0 saturated carbocycles. The molecule has 1 amide bonds. The van der Waals surface area contributed by atoms with Crippen molar-refractivity contribution in [2.45, 2.75) is 19.9 Å². The lowest BCUT2D eigenvalue weighted by Crippen LogP contribution is -2.23. The first-order valence-corrected chi connectivity index (χ1v) is 10.0. The molecule has 5 heteroatoms. The van der Waals surface area contributed by atoms with E-state index in [1.54, 1.807) is 6.07 Å². The fraction of sp³-hybridized carbons (Fsp3) is 0.115. The molecule has 0 radical (unpaired) electrons. The van der Waals surface area contributed by atoms with E-state index in [0.29, 0.717) is 16.6 Å². The molecule has 1 heterocycles. The quantitative estimate of drug-likeness (QED) is 0.517. The number of fused-ring (bicyclic) bond motifs is 1. The summed E-state index contributed by atoms with van der Waals surface area (Å²) in [6.07, 6.45) is 1.67. The van der Waals surface area contributed by atoms with Crippen LogP contribution in [0.2, 0.25) is 0 Å². The van der Waals surface area contributed by atoms with Gasteiger partial charge >= 0.3 is 0 Å². The molecule has 5 nitrogen and oxygen atoms in total. The van der Waals surface area contributed by atoms with Crippen molar-refractivity contribution >= 4 is 22.5 Å². The van der Waals surface area contributed by atoms with Crippen molar-refractivity contribution in [1.82, 2.24) is 9.55 Å². The van der Waals surface area contributed by atoms with E-state index in [1.807, 2.05) is 73.7 Å². The zero-order valence-corrected chi connectivity index (χ0v) is 17.1. The summed E-state index contributed by atoms with van der Waals surface area (Å²) in [6.45, 7) is 2.18. The Hall–Kier alpha value is -4.17. The van der Waals surface area contributed by atoms with Crippen LogP contribution in [0.1, 0.15) is 23.1 Å². The number of benzene rings is 3. The molecule has 0 fully saturated rings. The average molecular weight is 407 g/mol. The number of para-hydroxylation sites is 1. The SMILES string of the molecule is Cc1cccc2c(=O)n(CCC(=O)Nc3cccc(C#Cc4ccccc4)c3)cnc12. The third kappa shape index (κ3) is 4.88. The van der Waals surface area contributed by atoms with Crippen molar-refractivity contribution in [3.05, 3.63) is 106 Å². The molecule has 0 aliphatic carbocycles. The summed E-state index contributed by atoms with van der Waals surface area (Å²) < 4.78 is 1.48. The highest BCUT2D eigenvalue weighted by Gasteiger charge is 2.08. The molecule has 4 rings (SSSR count). The van der Waals surface area contributed by atoms with Gasteiger partial charge < -0.3 is 5.32 Å². The number of rotatable bonds is 4. The summed E-state index contributed by atoms with van der Waals surface area (Å²) in [6, 6.07) is 22.7. The minimum absolute atomic E-state index is 0.139. The lowest BCUT2D eigenvalue weighted by molar-refractivity contribution is -0.116. The smallest absolute Gasteiger partial charge is 0.261 e. The Balaban J connectivity index is 1.42. The number of hydrogen-bond acceptors (Lipinski definition) is 3. The average Bonchev–Trinajstić information content (AvgIpc) is 2.79. The van der Waals surface area contributed by atoms with Crippen molar-refractivity contribution in [2.75, 3.05) is 5.32 Å². The first-order valence-electron chi connectivity index (χ1n) is 10.0. The van der Waals surface area contributed by atoms with Crippen LogP contribution in [0, 0.1) is 18.8 Å². The number of carbonyl (C=O) groups excluding carboxylic acids is 1. The maximum absolute atomic E-state index is 12.7. The summed E-state index contributed by atoms with van der Waals surface area (Å²) in [5.41, 5.74) is 3.93. The van der Waals surface area contributed by atoms with E-state index in [1.165, 1.54) is 10.9 Å². The van der Waals surface area contributed by atoms with Gasteiger partial charge in [-0.2, -0.15) is 0 Å². The van der Waals surface area contributed by atoms with E-state index < -0.39 is 0 Å². The van der Waals surface area contributed by atoms with E-state index in [0.717, 1.165) is 16.7 Å². The van der Waals surface area contributed by atoms with Gasteiger partial charge in [0.15, 0.2) is 0 Å². The number of nitrogens with zero attached hydrogens (tertiary/aromatic N) is 2. The van der Waals surface area contributed by atoms with Gasteiger partial charge in [-0.25, -0.2) is 4.98 Å². The normalized spacial score (nSPS) is 10.4. The van der Waals surface area contributed by atoms with E-state index in [9.17, 15) is 9.59 Å². The Bertz CT molecular complexity index is 1360. The third-order valence-electron chi connectivity index (χ3n) is 4.91. The Morgan fingerprint density at radius 2 is 1.71 bits per heavy atom. The van der Waals surface area contributed by atoms with E-state index in [2.05, 4.69) is 22.1 Å². The minimum atomic E-state index is -0.176. The van der Waals surface area contributed by atoms with Crippen LogP contribution >= 0.6 is 0 Å². The van der Waals surface area contributed by atoms with Crippen LogP contribution in [0.4, 0.5) is 5.69 Å². The summed E-state index contributed by atoms with van der Waals surface area (Å²) in [5.74, 6) is 6.04. The predicted molar refractivity (Wildman–Crippen MR) is 123 cm³/mol. The van der Waals surface area contributed by atoms with Gasteiger partial charge in [0.05, 0.1) is 17.2 Å². The molecule has 1 aromatic heterocycles. The molecule has 3 aromatic carbocycles. The van der Waals surface area contributed by atoms with Crippen LogP contribution in [0.25, 0.3) is 10.9 Å². The number of aryl methyl sites for hydroxylation is 2. The fourth-order valence-corrected chi connectivity index (χ4v) is 3.28. The van der Waals surface area contributed by atoms with Gasteiger partial charge in [0, 0.05) is 29.8 Å². The number of hydrogen-bond donors (Lipinski definition) is 1. The fourth-order valence-electron chi connectivity index (χ4n) is 3.28. The summed E-state index contributed by atoms with van der Waals surface area (Å²) in [5, 5.41) is 3.44. The predicted octanol–water partition coefficient (Wildman–Crippen LogP) is 4.13. The molecule has 0 spiro atoms. The van der Waals surface area contributed by atoms with Crippen molar-refractivity contribution in [2.24, 2.45) is 0 Å². The van der Waals surface area contributed by atoms with Gasteiger partial charge in [-0.15, -0.1) is 0 Å². The molecule has 4 aromatic rings. The van der Waals surface area contributed by atoms with Crippen molar-refractivity contribution in [1.29, 1.82) is 0 Å². The lowest BCUT2D eigenvalue weighted by Gasteiger charge is -2.09. The second-order valence-corrected chi connectivity index (χ2v) is 7.21. The molecule has 0 atom stereocenters. The molecule has 1 N–H and O–H groups in total. The van der Waals surface area contributed by atoms with Gasteiger partial charge in [-0.05, 0) is 48.9 Å². The van der Waals surface area contributed by atoms with Crippen LogP contribution < -0.4 is 10.9 Å². The summed E-state index contributed by atoms with van der Waals surface area (Å²) in [4.78, 5) is 29.5. The number of nitrogens with one attached hydrogen (secondary N) is 1. The minimum Gasteiger partial charge on any atom is -0.326 e. The van der Waals surface area contributed by atoms with Crippen LogP contribution in [0.5, 0.6) is 0 Å². The maximum Gasteiger partial charge on any atom is 0.261 e. The highest BCUT2D eigenvalue weighted by molar-refractivity contribution is 5.90. The number of carbonyl (C=O) groups is 1. The molecule has 0 aliphatic heterocycles. The van der Waals surface area contributed by atoms with E-state index >= 15 is 0 Å². The maximum atomic E-state index is 12.7. The second kappa shape index (κ2) is 9.10. The Kier molecular flexibility index (Phi) is 5.91. The molecule has 0 aliphatic rings. The van der Waals surface area contributed by atoms with Crippen LogP contribution in [0.15, 0.2) is 83.9 Å². The van der Waals surface area contributed by atoms with Gasteiger partial charge in [0.2, 0.25) is 5.91 Å². The first kappa shape index (κ1) is 20.1. The molecular weight excluding hydrogens is 386 g/mol. The van der Waals surface area contributed by atoms with Gasteiger partial charge in [-0.3, -0.25) is 14.2 Å². The molecule has 0 bridgehead atoms. The van der Waals surface area contributed by atoms with Gasteiger partial charge in [0.25, 0.3) is 5.56 Å². The van der Waals surface area contributed by atoms with Crippen molar-refractivity contribution in [3.8, 4) is 11.8 Å². The van der Waals surface area contributed by atoms with Crippen LogP contribution in [0.3, 0.4) is 0 Å². The lowest BCUT2D eigenvalue weighted by atomic mass is 10.1. The highest BCUT2D eigenvalue weighted by Crippen LogP contribution is 2.12. The molecule has 0 saturated heterocycles. The van der Waals surface area contributed by atoms with Gasteiger partial charge in [0.1, 0.15) is 0 Å². The molecule has 31 heavy (non-hydrogen) atoms. The Labute approximate surface area is 180 Å². The van der Waals surface area contributed by atoms with E-state index in [4.69, 9.17) is 0 Å². The molecular formula is C26H21N3O2. The van der Waals surface area contributed by atoms with Crippen LogP contribution in [-0.2, 0) is 11.3 Å². The monoisotopic (exact) mass is 407 g/mol. The zero-order chi connectivity index (χ0) is 21.6. The zero-order valence-electron chi connectivity index (χ0n) is 17.1. The largest absolute Gasteiger partial charge is 0.326 e. The van der Waals surface area contributed by atoms with Crippen molar-refractivity contribution in [3.63, 3.8) is 0 Å². The van der Waals surface area contributed by atoms with Crippen molar-refractivity contribution < 1.29 is 4.79 Å². The highest BCUT2D eigenvalue weighted by atomic mass is 16.1.